The summed E-state index contributed by atoms with van der Waals surface area (Å²) in [5.74, 6) is 0.196. The van der Waals surface area contributed by atoms with Gasteiger partial charge in [-0.05, 0) is 25.3 Å². The lowest BCUT2D eigenvalue weighted by Gasteiger charge is -2.30. The molecule has 0 aromatic heterocycles. The van der Waals surface area contributed by atoms with Gasteiger partial charge in [0.05, 0.1) is 24.9 Å². The molecule has 1 aliphatic heterocycles. The average Bonchev–Trinajstić information content (AvgIpc) is 2.74. The molecule has 1 N–H and O–H groups in total. The summed E-state index contributed by atoms with van der Waals surface area (Å²) in [5.41, 5.74) is 1.19. The molecule has 4 nitrogen and oxygen atoms in total. The van der Waals surface area contributed by atoms with Crippen LogP contribution in [0.1, 0.15) is 32.3 Å². The van der Waals surface area contributed by atoms with Gasteiger partial charge in [-0.2, -0.15) is 0 Å². The van der Waals surface area contributed by atoms with Gasteiger partial charge in [-0.3, -0.25) is 10.1 Å². The summed E-state index contributed by atoms with van der Waals surface area (Å²) in [6.45, 7) is 4.80. The number of rotatable bonds is 7. The third-order valence-electron chi connectivity index (χ3n) is 4.07. The highest BCUT2D eigenvalue weighted by molar-refractivity contribution is 5.85. The molecule has 1 aromatic carbocycles. The van der Waals surface area contributed by atoms with Gasteiger partial charge < -0.3 is 9.64 Å². The van der Waals surface area contributed by atoms with Crippen LogP contribution in [-0.4, -0.2) is 42.8 Å². The van der Waals surface area contributed by atoms with Crippen molar-refractivity contribution in [2.45, 2.75) is 51.4 Å². The predicted molar refractivity (Wildman–Crippen MR) is 83.9 cm³/mol. The molecule has 1 aromatic rings. The summed E-state index contributed by atoms with van der Waals surface area (Å²) in [6, 6.07) is 10.2. The number of amides is 1. The Bertz CT molecular complexity index is 443. The maximum atomic E-state index is 12.7. The second-order valence-corrected chi connectivity index (χ2v) is 5.73. The standard InChI is InChI=1S/C17H26N2O2/c1-4-8-15(12-21-3)19-13(2)18-16(17(19)20)11-14-9-6-5-7-10-14/h5-7,9-10,13,15-16,18H,4,8,11-12H2,1-3H3. The smallest absolute Gasteiger partial charge is 0.241 e. The highest BCUT2D eigenvalue weighted by Crippen LogP contribution is 2.20. The Kier molecular flexibility index (Phi) is 5.76. The molecular formula is C17H26N2O2. The second-order valence-electron chi connectivity index (χ2n) is 5.73. The molecule has 1 heterocycles. The van der Waals surface area contributed by atoms with Crippen LogP contribution in [-0.2, 0) is 16.0 Å². The zero-order valence-corrected chi connectivity index (χ0v) is 13.2. The summed E-state index contributed by atoms with van der Waals surface area (Å²) in [4.78, 5) is 14.7. The lowest BCUT2D eigenvalue weighted by molar-refractivity contribution is -0.133. The minimum Gasteiger partial charge on any atom is -0.383 e. The third-order valence-corrected chi connectivity index (χ3v) is 4.07. The molecule has 1 saturated heterocycles. The van der Waals surface area contributed by atoms with Crippen LogP contribution in [0.3, 0.4) is 0 Å². The average molecular weight is 290 g/mol. The zero-order valence-electron chi connectivity index (χ0n) is 13.2. The maximum Gasteiger partial charge on any atom is 0.241 e. The summed E-state index contributed by atoms with van der Waals surface area (Å²) in [6.07, 6.45) is 2.84. The largest absolute Gasteiger partial charge is 0.383 e. The number of nitrogens with zero attached hydrogens (tertiary/aromatic N) is 1. The van der Waals surface area contributed by atoms with Crippen molar-refractivity contribution in [2.24, 2.45) is 0 Å². The first-order valence-electron chi connectivity index (χ1n) is 7.78. The number of methoxy groups -OCH3 is 1. The van der Waals surface area contributed by atoms with Crippen LogP contribution in [0.4, 0.5) is 0 Å². The van der Waals surface area contributed by atoms with Crippen LogP contribution in [0.2, 0.25) is 0 Å². The van der Waals surface area contributed by atoms with Crippen LogP contribution >= 0.6 is 0 Å². The fourth-order valence-electron chi connectivity index (χ4n) is 3.13. The molecule has 0 bridgehead atoms. The Hall–Kier alpha value is -1.39. The molecule has 0 aliphatic carbocycles. The zero-order chi connectivity index (χ0) is 15.2. The number of carbonyl (C=O) groups excluding carboxylic acids is 1. The Morgan fingerprint density at radius 1 is 1.33 bits per heavy atom. The molecule has 0 spiro atoms. The van der Waals surface area contributed by atoms with Crippen molar-refractivity contribution in [3.63, 3.8) is 0 Å². The van der Waals surface area contributed by atoms with E-state index >= 15 is 0 Å². The highest BCUT2D eigenvalue weighted by atomic mass is 16.5. The first kappa shape index (κ1) is 16.0. The Morgan fingerprint density at radius 3 is 2.67 bits per heavy atom. The summed E-state index contributed by atoms with van der Waals surface area (Å²) < 4.78 is 5.30. The lowest BCUT2D eigenvalue weighted by atomic mass is 10.1. The van der Waals surface area contributed by atoms with Crippen molar-refractivity contribution in [1.82, 2.24) is 10.2 Å². The molecule has 1 aliphatic rings. The Labute approximate surface area is 127 Å². The van der Waals surface area contributed by atoms with Crippen LogP contribution < -0.4 is 5.32 Å². The highest BCUT2D eigenvalue weighted by Gasteiger charge is 2.39. The van der Waals surface area contributed by atoms with Gasteiger partial charge in [0.15, 0.2) is 0 Å². The van der Waals surface area contributed by atoms with Gasteiger partial charge in [-0.25, -0.2) is 0 Å². The molecule has 3 atom stereocenters. The molecule has 116 valence electrons. The number of hydrogen-bond acceptors (Lipinski definition) is 3. The van der Waals surface area contributed by atoms with Crippen molar-refractivity contribution in [3.05, 3.63) is 35.9 Å². The van der Waals surface area contributed by atoms with Crippen molar-refractivity contribution in [3.8, 4) is 0 Å². The van der Waals surface area contributed by atoms with Gasteiger partial charge in [0.25, 0.3) is 0 Å². The SMILES string of the molecule is CCCC(COC)N1C(=O)C(Cc2ccccc2)NC1C. The minimum absolute atomic E-state index is 0.0675. The van der Waals surface area contributed by atoms with E-state index in [1.165, 1.54) is 5.56 Å². The van der Waals surface area contributed by atoms with Gasteiger partial charge in [-0.15, -0.1) is 0 Å². The van der Waals surface area contributed by atoms with E-state index in [0.29, 0.717) is 6.61 Å². The third kappa shape index (κ3) is 3.83. The fourth-order valence-corrected chi connectivity index (χ4v) is 3.13. The van der Waals surface area contributed by atoms with E-state index in [1.54, 1.807) is 7.11 Å². The van der Waals surface area contributed by atoms with E-state index in [-0.39, 0.29) is 24.2 Å². The van der Waals surface area contributed by atoms with E-state index < -0.39 is 0 Å². The van der Waals surface area contributed by atoms with Crippen molar-refractivity contribution in [1.29, 1.82) is 0 Å². The number of hydrogen-bond donors (Lipinski definition) is 1. The molecule has 0 saturated carbocycles. The van der Waals surface area contributed by atoms with E-state index in [0.717, 1.165) is 19.3 Å². The monoisotopic (exact) mass is 290 g/mol. The molecule has 1 fully saturated rings. The number of carbonyl (C=O) groups is 1. The van der Waals surface area contributed by atoms with Crippen molar-refractivity contribution < 1.29 is 9.53 Å². The van der Waals surface area contributed by atoms with E-state index in [9.17, 15) is 4.79 Å². The predicted octanol–water partition coefficient (Wildman–Crippen LogP) is 2.19. The Balaban J connectivity index is 2.06. The van der Waals surface area contributed by atoms with Crippen LogP contribution in [0.15, 0.2) is 30.3 Å². The lowest BCUT2D eigenvalue weighted by Crippen LogP contribution is -2.45. The molecule has 21 heavy (non-hydrogen) atoms. The second kappa shape index (κ2) is 7.57. The maximum absolute atomic E-state index is 12.7. The first-order valence-corrected chi connectivity index (χ1v) is 7.78. The van der Waals surface area contributed by atoms with Crippen LogP contribution in [0.5, 0.6) is 0 Å². The van der Waals surface area contributed by atoms with Gasteiger partial charge in [0, 0.05) is 7.11 Å². The Morgan fingerprint density at radius 2 is 2.05 bits per heavy atom. The van der Waals surface area contributed by atoms with Crippen molar-refractivity contribution in [2.75, 3.05) is 13.7 Å². The number of nitrogens with one attached hydrogen (secondary N) is 1. The molecule has 1 amide bonds. The first-order chi connectivity index (χ1) is 10.2. The normalized spacial score (nSPS) is 23.6. The number of ether oxygens (including phenoxy) is 1. The summed E-state index contributed by atoms with van der Waals surface area (Å²) in [7, 11) is 1.70. The van der Waals surface area contributed by atoms with E-state index in [4.69, 9.17) is 4.74 Å². The van der Waals surface area contributed by atoms with Crippen molar-refractivity contribution >= 4 is 5.91 Å². The summed E-state index contributed by atoms with van der Waals surface area (Å²) >= 11 is 0. The van der Waals surface area contributed by atoms with E-state index in [1.807, 2.05) is 23.1 Å². The molecule has 3 unspecified atom stereocenters. The van der Waals surface area contributed by atoms with Gasteiger partial charge >= 0.3 is 0 Å². The summed E-state index contributed by atoms with van der Waals surface area (Å²) in [5, 5.41) is 3.42. The van der Waals surface area contributed by atoms with Crippen LogP contribution in [0, 0.1) is 0 Å². The minimum atomic E-state index is -0.126. The quantitative estimate of drug-likeness (QED) is 0.837. The van der Waals surface area contributed by atoms with Gasteiger partial charge in [0.2, 0.25) is 5.91 Å². The fraction of sp³-hybridized carbons (Fsp3) is 0.588. The molecule has 2 rings (SSSR count). The molecule has 0 radical (unpaired) electrons. The van der Waals surface area contributed by atoms with Crippen LogP contribution in [0.25, 0.3) is 0 Å². The molecule has 4 heteroatoms. The topological polar surface area (TPSA) is 41.6 Å². The number of benzene rings is 1. The van der Waals surface area contributed by atoms with Gasteiger partial charge in [-0.1, -0.05) is 43.7 Å². The molecular weight excluding hydrogens is 264 g/mol. The van der Waals surface area contributed by atoms with Gasteiger partial charge in [0.1, 0.15) is 0 Å². The van der Waals surface area contributed by atoms with E-state index in [2.05, 4.69) is 31.3 Å².